The van der Waals surface area contributed by atoms with Crippen molar-refractivity contribution < 1.29 is 19.4 Å². The number of ether oxygens (including phenoxy) is 1. The van der Waals surface area contributed by atoms with E-state index in [1.54, 1.807) is 22.8 Å². The van der Waals surface area contributed by atoms with Crippen molar-refractivity contribution in [2.75, 3.05) is 6.61 Å². The van der Waals surface area contributed by atoms with E-state index in [1.165, 1.54) is 0 Å². The van der Waals surface area contributed by atoms with Crippen LogP contribution in [0, 0.1) is 0 Å². The largest absolute Gasteiger partial charge is 0.482 e. The number of carboxylic acid groups (broad SMARTS) is 1. The summed E-state index contributed by atoms with van der Waals surface area (Å²) in [6.07, 6.45) is 0. The maximum atomic E-state index is 11.5. The van der Waals surface area contributed by atoms with E-state index in [9.17, 15) is 9.59 Å². The number of amides is 1. The van der Waals surface area contributed by atoms with Gasteiger partial charge in [0.25, 0.3) is 5.91 Å². The molecule has 0 aliphatic heterocycles. The Labute approximate surface area is 117 Å². The van der Waals surface area contributed by atoms with Crippen molar-refractivity contribution >= 4 is 34.6 Å². The highest BCUT2D eigenvalue weighted by Gasteiger charge is 2.14. The summed E-state index contributed by atoms with van der Waals surface area (Å²) < 4.78 is 5.19. The molecular formula is C12H11NO4S2. The molecule has 2 rings (SSSR count). The van der Waals surface area contributed by atoms with Gasteiger partial charge in [0.05, 0.1) is 6.54 Å². The molecule has 0 atom stereocenters. The standard InChI is InChI=1S/C12H11NO4S2/c14-10(13-6-8-2-1-4-18-8)7-17-9-3-5-19-11(9)12(15)16/h1-5H,6-7H2,(H,13,14)(H,15,16). The van der Waals surface area contributed by atoms with Gasteiger partial charge in [-0.3, -0.25) is 4.79 Å². The van der Waals surface area contributed by atoms with E-state index >= 15 is 0 Å². The number of thiophene rings is 2. The van der Waals surface area contributed by atoms with Crippen LogP contribution in [0.4, 0.5) is 0 Å². The quantitative estimate of drug-likeness (QED) is 0.857. The van der Waals surface area contributed by atoms with Crippen LogP contribution < -0.4 is 10.1 Å². The summed E-state index contributed by atoms with van der Waals surface area (Å²) in [6, 6.07) is 5.38. The summed E-state index contributed by atoms with van der Waals surface area (Å²) in [7, 11) is 0. The average Bonchev–Trinajstić information content (AvgIpc) is 3.04. The van der Waals surface area contributed by atoms with Crippen LogP contribution in [0.15, 0.2) is 29.0 Å². The van der Waals surface area contributed by atoms with Gasteiger partial charge in [-0.05, 0) is 22.9 Å². The van der Waals surface area contributed by atoms with Crippen molar-refractivity contribution in [1.29, 1.82) is 0 Å². The second-order valence-electron chi connectivity index (χ2n) is 3.56. The number of carbonyl (C=O) groups excluding carboxylic acids is 1. The van der Waals surface area contributed by atoms with Crippen molar-refractivity contribution in [3.63, 3.8) is 0 Å². The number of carboxylic acids is 1. The Kier molecular flexibility index (Phi) is 4.53. The van der Waals surface area contributed by atoms with Gasteiger partial charge < -0.3 is 15.2 Å². The molecule has 0 spiro atoms. The van der Waals surface area contributed by atoms with E-state index in [2.05, 4.69) is 5.32 Å². The summed E-state index contributed by atoms with van der Waals surface area (Å²) in [4.78, 5) is 23.5. The van der Waals surface area contributed by atoms with Crippen LogP contribution in [0.3, 0.4) is 0 Å². The van der Waals surface area contributed by atoms with Gasteiger partial charge >= 0.3 is 5.97 Å². The SMILES string of the molecule is O=C(COc1ccsc1C(=O)O)NCc1cccs1. The summed E-state index contributed by atoms with van der Waals surface area (Å²) in [5.74, 6) is -1.11. The van der Waals surface area contributed by atoms with Gasteiger partial charge in [-0.2, -0.15) is 0 Å². The Balaban J connectivity index is 1.80. The zero-order chi connectivity index (χ0) is 13.7. The number of carbonyl (C=O) groups is 2. The van der Waals surface area contributed by atoms with Gasteiger partial charge in [0, 0.05) is 4.88 Å². The first kappa shape index (κ1) is 13.6. The Morgan fingerprint density at radius 1 is 1.26 bits per heavy atom. The predicted octanol–water partition coefficient (Wildman–Crippen LogP) is 2.20. The summed E-state index contributed by atoms with van der Waals surface area (Å²) in [5.41, 5.74) is 0. The molecule has 0 aromatic carbocycles. The third kappa shape index (κ3) is 3.80. The number of rotatable bonds is 6. The monoisotopic (exact) mass is 297 g/mol. The molecule has 100 valence electrons. The van der Waals surface area contributed by atoms with Crippen LogP contribution >= 0.6 is 22.7 Å². The summed E-state index contributed by atoms with van der Waals surface area (Å²) >= 11 is 2.62. The summed E-state index contributed by atoms with van der Waals surface area (Å²) in [6.45, 7) is 0.262. The van der Waals surface area contributed by atoms with Crippen LogP contribution in [-0.2, 0) is 11.3 Å². The molecule has 0 aliphatic carbocycles. The third-order valence-electron chi connectivity index (χ3n) is 2.22. The third-order valence-corrected chi connectivity index (χ3v) is 3.98. The highest BCUT2D eigenvalue weighted by atomic mass is 32.1. The molecule has 5 nitrogen and oxygen atoms in total. The van der Waals surface area contributed by atoms with Gasteiger partial charge in [-0.15, -0.1) is 22.7 Å². The fourth-order valence-electron chi connectivity index (χ4n) is 1.36. The first-order chi connectivity index (χ1) is 9.16. The molecule has 0 fully saturated rings. The lowest BCUT2D eigenvalue weighted by Gasteiger charge is -2.06. The molecule has 1 amide bonds. The highest BCUT2D eigenvalue weighted by molar-refractivity contribution is 7.12. The van der Waals surface area contributed by atoms with Crippen LogP contribution in [0.25, 0.3) is 0 Å². The van der Waals surface area contributed by atoms with Crippen molar-refractivity contribution in [1.82, 2.24) is 5.32 Å². The molecule has 2 N–H and O–H groups in total. The van der Waals surface area contributed by atoms with E-state index in [0.717, 1.165) is 16.2 Å². The molecule has 0 aliphatic rings. The minimum absolute atomic E-state index is 0.103. The molecular weight excluding hydrogens is 286 g/mol. The Hall–Kier alpha value is -1.86. The Morgan fingerprint density at radius 3 is 2.79 bits per heavy atom. The first-order valence-electron chi connectivity index (χ1n) is 5.39. The average molecular weight is 297 g/mol. The minimum atomic E-state index is -1.05. The molecule has 0 bridgehead atoms. The molecule has 0 radical (unpaired) electrons. The van der Waals surface area contributed by atoms with E-state index in [1.807, 2.05) is 17.5 Å². The molecule has 0 saturated carbocycles. The molecule has 2 heterocycles. The fourth-order valence-corrected chi connectivity index (χ4v) is 2.68. The lowest BCUT2D eigenvalue weighted by atomic mass is 10.4. The number of aromatic carboxylic acids is 1. The topological polar surface area (TPSA) is 75.6 Å². The second kappa shape index (κ2) is 6.35. The van der Waals surface area contributed by atoms with E-state index < -0.39 is 5.97 Å². The second-order valence-corrected chi connectivity index (χ2v) is 5.51. The van der Waals surface area contributed by atoms with Crippen molar-refractivity contribution in [3.8, 4) is 5.75 Å². The fraction of sp³-hybridized carbons (Fsp3) is 0.167. The Bertz CT molecular complexity index is 562. The lowest BCUT2D eigenvalue weighted by molar-refractivity contribution is -0.123. The van der Waals surface area contributed by atoms with Crippen molar-refractivity contribution in [2.24, 2.45) is 0 Å². The van der Waals surface area contributed by atoms with Gasteiger partial charge in [0.1, 0.15) is 5.75 Å². The molecule has 0 unspecified atom stereocenters. The number of nitrogens with one attached hydrogen (secondary N) is 1. The molecule has 19 heavy (non-hydrogen) atoms. The van der Waals surface area contributed by atoms with Gasteiger partial charge in [-0.1, -0.05) is 6.07 Å². The molecule has 7 heteroatoms. The molecule has 2 aromatic rings. The van der Waals surface area contributed by atoms with Crippen LogP contribution in [-0.4, -0.2) is 23.6 Å². The lowest BCUT2D eigenvalue weighted by Crippen LogP contribution is -2.28. The van der Waals surface area contributed by atoms with E-state index in [0.29, 0.717) is 6.54 Å². The van der Waals surface area contributed by atoms with Crippen molar-refractivity contribution in [3.05, 3.63) is 38.7 Å². The number of hydrogen-bond acceptors (Lipinski definition) is 5. The van der Waals surface area contributed by atoms with Crippen LogP contribution in [0.2, 0.25) is 0 Å². The number of hydrogen-bond donors (Lipinski definition) is 2. The zero-order valence-electron chi connectivity index (χ0n) is 9.79. The molecule has 0 saturated heterocycles. The van der Waals surface area contributed by atoms with Gasteiger partial charge in [-0.25, -0.2) is 4.79 Å². The van der Waals surface area contributed by atoms with E-state index in [-0.39, 0.29) is 23.1 Å². The Morgan fingerprint density at radius 2 is 2.11 bits per heavy atom. The zero-order valence-corrected chi connectivity index (χ0v) is 11.4. The van der Waals surface area contributed by atoms with E-state index in [4.69, 9.17) is 9.84 Å². The van der Waals surface area contributed by atoms with Gasteiger partial charge in [0.2, 0.25) is 0 Å². The first-order valence-corrected chi connectivity index (χ1v) is 7.15. The van der Waals surface area contributed by atoms with Gasteiger partial charge in [0.15, 0.2) is 11.5 Å². The normalized spacial score (nSPS) is 10.1. The maximum absolute atomic E-state index is 11.5. The smallest absolute Gasteiger partial charge is 0.349 e. The van der Waals surface area contributed by atoms with Crippen LogP contribution in [0.5, 0.6) is 5.75 Å². The van der Waals surface area contributed by atoms with Crippen LogP contribution in [0.1, 0.15) is 14.5 Å². The minimum Gasteiger partial charge on any atom is -0.482 e. The highest BCUT2D eigenvalue weighted by Crippen LogP contribution is 2.24. The predicted molar refractivity (Wildman–Crippen MR) is 72.9 cm³/mol. The van der Waals surface area contributed by atoms with Crippen molar-refractivity contribution in [2.45, 2.75) is 6.54 Å². The molecule has 2 aromatic heterocycles. The maximum Gasteiger partial charge on any atom is 0.349 e. The summed E-state index contributed by atoms with van der Waals surface area (Å²) in [5, 5.41) is 15.1.